The zero-order valence-electron chi connectivity index (χ0n) is 17.2. The summed E-state index contributed by atoms with van der Waals surface area (Å²) in [7, 11) is -3.88. The molecule has 2 aromatic carbocycles. The number of hydrogen-bond acceptors (Lipinski definition) is 7. The first-order valence-corrected chi connectivity index (χ1v) is 13.3. The van der Waals surface area contributed by atoms with E-state index in [0.29, 0.717) is 40.5 Å². The number of anilines is 1. The number of alkyl halides is 3. The van der Waals surface area contributed by atoms with Crippen LogP contribution in [0.25, 0.3) is 10.6 Å². The van der Waals surface area contributed by atoms with Gasteiger partial charge >= 0.3 is 6.18 Å². The third-order valence-corrected chi connectivity index (χ3v) is 8.37. The van der Waals surface area contributed by atoms with Crippen LogP contribution < -0.4 is 9.46 Å². The minimum atomic E-state index is -4.48. The first-order chi connectivity index (χ1) is 16.2. The number of thiazole rings is 2. The normalized spacial score (nSPS) is 16.0. The molecule has 176 valence electrons. The third-order valence-electron chi connectivity index (χ3n) is 5.41. The molecular formula is C22H16F3N3O3S3. The molecule has 34 heavy (non-hydrogen) atoms. The van der Waals surface area contributed by atoms with Crippen LogP contribution in [0.5, 0.6) is 5.75 Å². The van der Waals surface area contributed by atoms with E-state index in [4.69, 9.17) is 4.74 Å². The highest BCUT2D eigenvalue weighted by molar-refractivity contribution is 7.93. The van der Waals surface area contributed by atoms with Crippen LogP contribution in [0.4, 0.5) is 18.3 Å². The minimum absolute atomic E-state index is 0.00895. The summed E-state index contributed by atoms with van der Waals surface area (Å²) < 4.78 is 73.9. The number of ether oxygens (including phenoxy) is 1. The van der Waals surface area contributed by atoms with Crippen LogP contribution >= 0.6 is 22.7 Å². The van der Waals surface area contributed by atoms with Crippen molar-refractivity contribution in [3.8, 4) is 16.3 Å². The summed E-state index contributed by atoms with van der Waals surface area (Å²) >= 11 is 2.42. The lowest BCUT2D eigenvalue weighted by atomic mass is 9.83. The zero-order chi connectivity index (χ0) is 23.9. The molecule has 1 atom stereocenters. The predicted molar refractivity (Wildman–Crippen MR) is 124 cm³/mol. The Morgan fingerprint density at radius 1 is 1.00 bits per heavy atom. The molecule has 0 amide bonds. The Balaban J connectivity index is 1.55. The highest BCUT2D eigenvalue weighted by Gasteiger charge is 2.33. The van der Waals surface area contributed by atoms with Gasteiger partial charge in [0.1, 0.15) is 10.8 Å². The van der Waals surface area contributed by atoms with Gasteiger partial charge < -0.3 is 4.74 Å². The second-order valence-corrected chi connectivity index (χ2v) is 10.9. The Labute approximate surface area is 201 Å². The summed E-state index contributed by atoms with van der Waals surface area (Å²) in [5.74, 6) is 0.0943. The maximum atomic E-state index is 13.4. The monoisotopic (exact) mass is 523 g/mol. The van der Waals surface area contributed by atoms with E-state index in [-0.39, 0.29) is 15.9 Å². The zero-order valence-corrected chi connectivity index (χ0v) is 19.7. The summed E-state index contributed by atoms with van der Waals surface area (Å²) in [6.07, 6.45) is -0.909. The summed E-state index contributed by atoms with van der Waals surface area (Å²) in [6.45, 7) is 0.291. The lowest BCUT2D eigenvalue weighted by molar-refractivity contribution is -0.137. The molecule has 5 rings (SSSR count). The second-order valence-electron chi connectivity index (χ2n) is 7.47. The lowest BCUT2D eigenvalue weighted by Crippen LogP contribution is -2.18. The van der Waals surface area contributed by atoms with Crippen LogP contribution in [0, 0.1) is 0 Å². The smallest absolute Gasteiger partial charge is 0.416 e. The van der Waals surface area contributed by atoms with Crippen LogP contribution in [0.2, 0.25) is 0 Å². The number of sulfonamides is 1. The summed E-state index contributed by atoms with van der Waals surface area (Å²) in [6, 6.07) is 8.22. The molecule has 4 aromatic rings. The third kappa shape index (κ3) is 4.40. The molecule has 0 spiro atoms. The molecular weight excluding hydrogens is 507 g/mol. The van der Waals surface area contributed by atoms with Crippen molar-refractivity contribution in [3.05, 3.63) is 76.2 Å². The van der Waals surface area contributed by atoms with Gasteiger partial charge in [0.2, 0.25) is 0 Å². The molecule has 0 saturated heterocycles. The van der Waals surface area contributed by atoms with Gasteiger partial charge in [-0.1, -0.05) is 12.1 Å². The molecule has 1 N–H and O–H groups in total. The second kappa shape index (κ2) is 8.67. The van der Waals surface area contributed by atoms with Crippen molar-refractivity contribution < 1.29 is 26.3 Å². The Kier molecular flexibility index (Phi) is 5.82. The van der Waals surface area contributed by atoms with Crippen molar-refractivity contribution in [1.82, 2.24) is 9.97 Å². The maximum absolute atomic E-state index is 13.4. The number of rotatable bonds is 5. The van der Waals surface area contributed by atoms with Crippen molar-refractivity contribution in [1.29, 1.82) is 0 Å². The van der Waals surface area contributed by atoms with Gasteiger partial charge in [-0.3, -0.25) is 4.72 Å². The van der Waals surface area contributed by atoms with E-state index in [1.807, 2.05) is 0 Å². The molecule has 3 heterocycles. The fourth-order valence-corrected chi connectivity index (χ4v) is 6.37. The first-order valence-electron chi connectivity index (χ1n) is 10.0. The van der Waals surface area contributed by atoms with Crippen LogP contribution in [-0.2, 0) is 16.2 Å². The first kappa shape index (κ1) is 22.8. The highest BCUT2D eigenvalue weighted by atomic mass is 32.2. The molecule has 12 heteroatoms. The molecule has 2 aromatic heterocycles. The molecule has 6 nitrogen and oxygen atoms in total. The standard InChI is InChI=1S/C22H16F3N3O3S3/c23-22(24,25)13-1-3-15(18(11-13)20-26-6-9-32-20)16-5-8-31-19-12-14(2-4-17(16)19)34(29,30)28-21-27-7-10-33-21/h1-4,6-7,9-12,16H,5,8H2,(H,27,28)/t16-/m1/s1. The van der Waals surface area contributed by atoms with Gasteiger partial charge in [0, 0.05) is 46.3 Å². The van der Waals surface area contributed by atoms with Gasteiger partial charge in [-0.05, 0) is 30.2 Å². The average Bonchev–Trinajstić information content (AvgIpc) is 3.51. The fraction of sp³-hybridized carbons (Fsp3) is 0.182. The van der Waals surface area contributed by atoms with E-state index in [0.717, 1.165) is 23.5 Å². The van der Waals surface area contributed by atoms with Crippen molar-refractivity contribution in [2.24, 2.45) is 0 Å². The Morgan fingerprint density at radius 2 is 1.76 bits per heavy atom. The van der Waals surface area contributed by atoms with Crippen LogP contribution in [0.3, 0.4) is 0 Å². The number of nitrogens with zero attached hydrogens (tertiary/aromatic N) is 2. The van der Waals surface area contributed by atoms with Gasteiger partial charge in [0.25, 0.3) is 10.0 Å². The van der Waals surface area contributed by atoms with Gasteiger partial charge in [-0.25, -0.2) is 18.4 Å². The summed E-state index contributed by atoms with van der Waals surface area (Å²) in [4.78, 5) is 8.18. The molecule has 1 aliphatic heterocycles. The van der Waals surface area contributed by atoms with Gasteiger partial charge in [-0.15, -0.1) is 22.7 Å². The Hall–Kier alpha value is -2.96. The van der Waals surface area contributed by atoms with Crippen LogP contribution in [-0.4, -0.2) is 25.0 Å². The van der Waals surface area contributed by atoms with Crippen LogP contribution in [0.1, 0.15) is 29.0 Å². The Bertz CT molecular complexity index is 1420. The Morgan fingerprint density at radius 3 is 2.47 bits per heavy atom. The SMILES string of the molecule is O=S(=O)(Nc1nccs1)c1ccc2c(c1)OCC[C@@H]2c1ccc(C(F)(F)F)cc1-c1nccs1. The number of benzene rings is 2. The quantitative estimate of drug-likeness (QED) is 0.347. The number of halogens is 3. The van der Waals surface area contributed by atoms with E-state index in [1.165, 1.54) is 35.7 Å². The van der Waals surface area contributed by atoms with Crippen molar-refractivity contribution in [2.75, 3.05) is 11.3 Å². The van der Waals surface area contributed by atoms with Crippen LogP contribution in [0.15, 0.2) is 64.4 Å². The van der Waals surface area contributed by atoms with Gasteiger partial charge in [0.15, 0.2) is 5.13 Å². The predicted octanol–water partition coefficient (Wildman–Crippen LogP) is 6.00. The molecule has 0 unspecified atom stereocenters. The van der Waals surface area contributed by atoms with E-state index in [2.05, 4.69) is 14.7 Å². The van der Waals surface area contributed by atoms with Crippen molar-refractivity contribution >= 4 is 37.8 Å². The fourth-order valence-electron chi connectivity index (χ4n) is 3.89. The van der Waals surface area contributed by atoms with Crippen molar-refractivity contribution in [2.45, 2.75) is 23.4 Å². The van der Waals surface area contributed by atoms with Gasteiger partial charge in [-0.2, -0.15) is 13.2 Å². The summed E-state index contributed by atoms with van der Waals surface area (Å²) in [5.41, 5.74) is 1.05. The van der Waals surface area contributed by atoms with E-state index in [1.54, 1.807) is 23.0 Å². The average molecular weight is 524 g/mol. The number of nitrogens with one attached hydrogen (secondary N) is 1. The summed E-state index contributed by atoms with van der Waals surface area (Å²) in [5, 5.41) is 4.10. The lowest BCUT2D eigenvalue weighted by Gasteiger charge is -2.28. The van der Waals surface area contributed by atoms with E-state index >= 15 is 0 Å². The maximum Gasteiger partial charge on any atom is 0.416 e. The number of fused-ring (bicyclic) bond motifs is 1. The molecule has 0 saturated carbocycles. The van der Waals surface area contributed by atoms with E-state index < -0.39 is 21.8 Å². The number of hydrogen-bond donors (Lipinski definition) is 1. The number of aromatic nitrogens is 2. The largest absolute Gasteiger partial charge is 0.493 e. The molecule has 0 fully saturated rings. The molecule has 0 bridgehead atoms. The molecule has 0 aliphatic carbocycles. The molecule has 0 radical (unpaired) electrons. The molecule has 1 aliphatic rings. The topological polar surface area (TPSA) is 81.2 Å². The minimum Gasteiger partial charge on any atom is -0.493 e. The van der Waals surface area contributed by atoms with Gasteiger partial charge in [0.05, 0.1) is 17.1 Å². The van der Waals surface area contributed by atoms with Crippen molar-refractivity contribution in [3.63, 3.8) is 0 Å². The van der Waals surface area contributed by atoms with E-state index in [9.17, 15) is 21.6 Å². The highest BCUT2D eigenvalue weighted by Crippen LogP contribution is 2.44.